The summed E-state index contributed by atoms with van der Waals surface area (Å²) in [6.07, 6.45) is -0.0435. The molecule has 2 aromatic carbocycles. The van der Waals surface area contributed by atoms with Gasteiger partial charge in [0.2, 0.25) is 10.0 Å². The molecular formula is C23H20ClN5O5S2. The van der Waals surface area contributed by atoms with Gasteiger partial charge in [0.1, 0.15) is 6.54 Å². The Balaban J connectivity index is 1.95. The number of carbonyl (C=O) groups excluding carboxylic acids is 2. The van der Waals surface area contributed by atoms with E-state index in [2.05, 4.69) is 4.99 Å². The highest BCUT2D eigenvalue weighted by atomic mass is 35.5. The number of hydrogen-bond donors (Lipinski definition) is 0. The van der Waals surface area contributed by atoms with Gasteiger partial charge >= 0.3 is 5.97 Å². The quantitative estimate of drug-likeness (QED) is 0.375. The Morgan fingerprint density at radius 1 is 1.11 bits per heavy atom. The fourth-order valence-electron chi connectivity index (χ4n) is 3.25. The van der Waals surface area contributed by atoms with Gasteiger partial charge in [0.15, 0.2) is 4.80 Å². The molecule has 0 fully saturated rings. The maximum Gasteiger partial charge on any atom is 0.325 e. The predicted octanol–water partition coefficient (Wildman–Crippen LogP) is 3.09. The average molecular weight is 546 g/mol. The number of nitrogens with zero attached hydrogens (tertiary/aromatic N) is 5. The molecule has 36 heavy (non-hydrogen) atoms. The summed E-state index contributed by atoms with van der Waals surface area (Å²) in [6.45, 7) is -0.262. The lowest BCUT2D eigenvalue weighted by Crippen LogP contribution is -2.32. The number of nitriles is 2. The molecule has 0 aliphatic carbocycles. The van der Waals surface area contributed by atoms with Crippen LogP contribution >= 0.6 is 22.9 Å². The standard InChI is InChI=1S/C23H20ClN5O5S2/c1-34-21(30)15-29-19-9-6-17(24)14-20(19)35-23(29)27-22(31)16-4-7-18(8-5-16)36(32,33)28(12-2-10-25)13-3-11-26/h4-9,14H,2-3,12-13,15H2,1H3. The minimum atomic E-state index is -3.97. The molecule has 1 aromatic heterocycles. The molecule has 0 N–H and O–H groups in total. The van der Waals surface area contributed by atoms with Gasteiger partial charge in [-0.05, 0) is 42.5 Å². The molecule has 0 aliphatic rings. The van der Waals surface area contributed by atoms with E-state index < -0.39 is 21.9 Å². The minimum absolute atomic E-state index is 0.0218. The van der Waals surface area contributed by atoms with Gasteiger partial charge in [0, 0.05) is 36.5 Å². The van der Waals surface area contributed by atoms with Gasteiger partial charge in [-0.1, -0.05) is 22.9 Å². The highest BCUT2D eigenvalue weighted by Gasteiger charge is 2.24. The van der Waals surface area contributed by atoms with E-state index in [9.17, 15) is 18.0 Å². The molecule has 186 valence electrons. The number of esters is 1. The van der Waals surface area contributed by atoms with Crippen LogP contribution < -0.4 is 4.80 Å². The van der Waals surface area contributed by atoms with Crippen LogP contribution in [0.25, 0.3) is 10.2 Å². The van der Waals surface area contributed by atoms with Crippen LogP contribution in [0.2, 0.25) is 5.02 Å². The van der Waals surface area contributed by atoms with Crippen LogP contribution in [0.1, 0.15) is 23.2 Å². The van der Waals surface area contributed by atoms with Crippen molar-refractivity contribution < 1.29 is 22.7 Å². The third kappa shape index (κ3) is 6.17. The van der Waals surface area contributed by atoms with Crippen molar-refractivity contribution in [3.63, 3.8) is 0 Å². The van der Waals surface area contributed by atoms with Crippen LogP contribution in [0.15, 0.2) is 52.4 Å². The summed E-state index contributed by atoms with van der Waals surface area (Å²) in [5.41, 5.74) is 0.785. The summed E-state index contributed by atoms with van der Waals surface area (Å²) in [5, 5.41) is 18.1. The van der Waals surface area contributed by atoms with E-state index in [1.54, 1.807) is 22.8 Å². The summed E-state index contributed by atoms with van der Waals surface area (Å²) >= 11 is 7.24. The van der Waals surface area contributed by atoms with Crippen LogP contribution in [0.5, 0.6) is 0 Å². The second-order valence-electron chi connectivity index (χ2n) is 7.32. The van der Waals surface area contributed by atoms with E-state index in [0.29, 0.717) is 15.2 Å². The normalized spacial score (nSPS) is 11.9. The van der Waals surface area contributed by atoms with Gasteiger partial charge in [0.05, 0.1) is 34.4 Å². The van der Waals surface area contributed by atoms with E-state index in [1.165, 1.54) is 42.7 Å². The van der Waals surface area contributed by atoms with Crippen molar-refractivity contribution in [3.05, 3.63) is 57.9 Å². The maximum absolute atomic E-state index is 13.0. The molecule has 0 saturated heterocycles. The SMILES string of the molecule is COC(=O)Cn1c(=NC(=O)c2ccc(S(=O)(=O)N(CCC#N)CCC#N)cc2)sc2cc(Cl)ccc21. The predicted molar refractivity (Wildman–Crippen MR) is 132 cm³/mol. The van der Waals surface area contributed by atoms with Crippen molar-refractivity contribution in [1.29, 1.82) is 10.5 Å². The third-order valence-corrected chi connectivity index (χ3v) is 8.23. The first-order valence-corrected chi connectivity index (χ1v) is 13.1. The Bertz CT molecular complexity index is 1530. The van der Waals surface area contributed by atoms with Crippen molar-refractivity contribution in [1.82, 2.24) is 8.87 Å². The minimum Gasteiger partial charge on any atom is -0.468 e. The number of sulfonamides is 1. The summed E-state index contributed by atoms with van der Waals surface area (Å²) < 4.78 is 34.0. The Morgan fingerprint density at radius 2 is 1.75 bits per heavy atom. The lowest BCUT2D eigenvalue weighted by molar-refractivity contribution is -0.141. The number of halogens is 1. The first-order chi connectivity index (χ1) is 17.2. The van der Waals surface area contributed by atoms with Gasteiger partial charge in [-0.3, -0.25) is 9.59 Å². The topological polar surface area (TPSA) is 146 Å². The summed E-state index contributed by atoms with van der Waals surface area (Å²) in [6, 6.07) is 14.1. The second kappa shape index (κ2) is 11.9. The number of carbonyl (C=O) groups is 2. The zero-order chi connectivity index (χ0) is 26.3. The number of rotatable bonds is 9. The molecule has 3 rings (SSSR count). The van der Waals surface area contributed by atoms with E-state index in [4.69, 9.17) is 26.9 Å². The number of thiazole rings is 1. The lowest BCUT2D eigenvalue weighted by Gasteiger charge is -2.20. The molecule has 0 aliphatic heterocycles. The molecule has 13 heteroatoms. The van der Waals surface area contributed by atoms with Crippen molar-refractivity contribution in [2.24, 2.45) is 4.99 Å². The number of fused-ring (bicyclic) bond motifs is 1. The molecule has 0 spiro atoms. The molecule has 10 nitrogen and oxygen atoms in total. The zero-order valence-electron chi connectivity index (χ0n) is 19.0. The van der Waals surface area contributed by atoms with Crippen LogP contribution in [0.4, 0.5) is 0 Å². The Hall–Kier alpha value is -3.55. The average Bonchev–Trinajstić information content (AvgIpc) is 3.19. The molecule has 0 radical (unpaired) electrons. The number of methoxy groups -OCH3 is 1. The molecule has 0 unspecified atom stereocenters. The smallest absolute Gasteiger partial charge is 0.325 e. The molecule has 0 bridgehead atoms. The lowest BCUT2D eigenvalue weighted by atomic mass is 10.2. The van der Waals surface area contributed by atoms with Crippen LogP contribution in [-0.2, 0) is 26.1 Å². The maximum atomic E-state index is 13.0. The van der Waals surface area contributed by atoms with E-state index >= 15 is 0 Å². The summed E-state index contributed by atoms with van der Waals surface area (Å²) in [5.74, 6) is -1.16. The first-order valence-electron chi connectivity index (χ1n) is 10.5. The van der Waals surface area contributed by atoms with Crippen LogP contribution in [-0.4, -0.2) is 49.4 Å². The summed E-state index contributed by atoms with van der Waals surface area (Å²) in [7, 11) is -2.71. The van der Waals surface area contributed by atoms with Gasteiger partial charge in [-0.15, -0.1) is 0 Å². The monoisotopic (exact) mass is 545 g/mol. The Kier molecular flexibility index (Phi) is 8.96. The fraction of sp³-hybridized carbons (Fsp3) is 0.261. The molecule has 0 saturated carbocycles. The molecular weight excluding hydrogens is 526 g/mol. The highest BCUT2D eigenvalue weighted by molar-refractivity contribution is 7.89. The van der Waals surface area contributed by atoms with Gasteiger partial charge in [-0.2, -0.15) is 19.8 Å². The van der Waals surface area contributed by atoms with E-state index in [1.807, 2.05) is 12.1 Å². The fourth-order valence-corrected chi connectivity index (χ4v) is 6.00. The largest absolute Gasteiger partial charge is 0.468 e. The highest BCUT2D eigenvalue weighted by Crippen LogP contribution is 2.22. The van der Waals surface area contributed by atoms with Crippen molar-refractivity contribution in [2.75, 3.05) is 20.2 Å². The number of benzene rings is 2. The molecule has 3 aromatic rings. The number of ether oxygens (including phenoxy) is 1. The van der Waals surface area contributed by atoms with E-state index in [-0.39, 0.29) is 47.7 Å². The Morgan fingerprint density at radius 3 is 2.33 bits per heavy atom. The number of amides is 1. The van der Waals surface area contributed by atoms with Crippen LogP contribution in [0.3, 0.4) is 0 Å². The number of hydrogen-bond acceptors (Lipinski definition) is 8. The van der Waals surface area contributed by atoms with E-state index in [0.717, 1.165) is 4.31 Å². The molecule has 1 heterocycles. The van der Waals surface area contributed by atoms with Crippen molar-refractivity contribution >= 4 is 55.1 Å². The molecule has 1 amide bonds. The van der Waals surface area contributed by atoms with Gasteiger partial charge in [-0.25, -0.2) is 8.42 Å². The van der Waals surface area contributed by atoms with Gasteiger partial charge < -0.3 is 9.30 Å². The van der Waals surface area contributed by atoms with Gasteiger partial charge in [0.25, 0.3) is 5.91 Å². The van der Waals surface area contributed by atoms with Crippen molar-refractivity contribution in [3.8, 4) is 12.1 Å². The third-order valence-electron chi connectivity index (χ3n) is 5.04. The zero-order valence-corrected chi connectivity index (χ0v) is 21.4. The Labute approximate surface area is 216 Å². The first kappa shape index (κ1) is 27.0. The number of aromatic nitrogens is 1. The van der Waals surface area contributed by atoms with Crippen LogP contribution in [0, 0.1) is 22.7 Å². The van der Waals surface area contributed by atoms with Crippen molar-refractivity contribution in [2.45, 2.75) is 24.3 Å². The second-order valence-corrected chi connectivity index (χ2v) is 10.7. The summed E-state index contributed by atoms with van der Waals surface area (Å²) in [4.78, 5) is 29.1. The molecule has 0 atom stereocenters.